The number of hydrogen-bond acceptors (Lipinski definition) is 2. The van der Waals surface area contributed by atoms with Gasteiger partial charge >= 0.3 is 0 Å². The van der Waals surface area contributed by atoms with Gasteiger partial charge in [-0.05, 0) is 24.5 Å². The third kappa shape index (κ3) is 2.13. The molecular formula is C14H19ClN2O. The van der Waals surface area contributed by atoms with Crippen LogP contribution in [0.4, 0.5) is 0 Å². The van der Waals surface area contributed by atoms with Crippen molar-refractivity contribution >= 4 is 18.3 Å². The fraction of sp³-hybridized carbons (Fsp3) is 0.500. The van der Waals surface area contributed by atoms with E-state index in [1.807, 2.05) is 17.0 Å². The summed E-state index contributed by atoms with van der Waals surface area (Å²) in [5.41, 5.74) is 2.58. The van der Waals surface area contributed by atoms with Gasteiger partial charge in [0.15, 0.2) is 0 Å². The summed E-state index contributed by atoms with van der Waals surface area (Å²) in [6.07, 6.45) is 0.922. The van der Waals surface area contributed by atoms with Crippen LogP contribution >= 0.6 is 12.4 Å². The Morgan fingerprint density at radius 1 is 1.39 bits per heavy atom. The first kappa shape index (κ1) is 13.4. The molecule has 0 saturated carbocycles. The zero-order chi connectivity index (χ0) is 11.8. The maximum atomic E-state index is 12.5. The fourth-order valence-corrected chi connectivity index (χ4v) is 2.85. The molecule has 18 heavy (non-hydrogen) atoms. The Hall–Kier alpha value is -1.06. The molecule has 1 amide bonds. The summed E-state index contributed by atoms with van der Waals surface area (Å²) in [5.74, 6) is 0.435. The summed E-state index contributed by atoms with van der Waals surface area (Å²) in [5, 5.41) is 3.32. The van der Waals surface area contributed by atoms with E-state index in [2.05, 4.69) is 24.4 Å². The third-order valence-corrected chi connectivity index (χ3v) is 3.94. The lowest BCUT2D eigenvalue weighted by molar-refractivity contribution is -0.136. The highest BCUT2D eigenvalue weighted by Crippen LogP contribution is 2.36. The molecule has 0 bridgehead atoms. The topological polar surface area (TPSA) is 32.3 Å². The van der Waals surface area contributed by atoms with Crippen LogP contribution in [-0.2, 0) is 11.2 Å². The second-order valence-corrected chi connectivity index (χ2v) is 5.04. The van der Waals surface area contributed by atoms with Gasteiger partial charge in [-0.3, -0.25) is 4.79 Å². The molecule has 2 aliphatic rings. The van der Waals surface area contributed by atoms with Gasteiger partial charge in [-0.2, -0.15) is 0 Å². The average Bonchev–Trinajstić information content (AvgIpc) is 2.31. The van der Waals surface area contributed by atoms with Crippen molar-refractivity contribution in [3.63, 3.8) is 0 Å². The Morgan fingerprint density at radius 3 is 2.89 bits per heavy atom. The van der Waals surface area contributed by atoms with Crippen LogP contribution in [-0.4, -0.2) is 36.5 Å². The minimum absolute atomic E-state index is 0. The van der Waals surface area contributed by atoms with E-state index in [4.69, 9.17) is 0 Å². The van der Waals surface area contributed by atoms with Crippen LogP contribution < -0.4 is 5.32 Å². The molecule has 1 aromatic carbocycles. The van der Waals surface area contributed by atoms with Crippen molar-refractivity contribution in [1.82, 2.24) is 10.2 Å². The number of carbonyl (C=O) groups is 1. The highest BCUT2D eigenvalue weighted by Gasteiger charge is 2.36. The van der Waals surface area contributed by atoms with Gasteiger partial charge in [0, 0.05) is 25.7 Å². The van der Waals surface area contributed by atoms with E-state index in [1.165, 1.54) is 11.1 Å². The van der Waals surface area contributed by atoms with Crippen LogP contribution in [0.25, 0.3) is 0 Å². The lowest BCUT2D eigenvalue weighted by Crippen LogP contribution is -2.54. The highest BCUT2D eigenvalue weighted by molar-refractivity contribution is 5.87. The molecule has 3 nitrogen and oxygen atoms in total. The molecule has 98 valence electrons. The van der Waals surface area contributed by atoms with Gasteiger partial charge in [-0.25, -0.2) is 0 Å². The number of halogens is 1. The number of nitrogens with zero attached hydrogens (tertiary/aromatic N) is 1. The summed E-state index contributed by atoms with van der Waals surface area (Å²) in [6.45, 7) is 4.80. The van der Waals surface area contributed by atoms with Crippen LogP contribution in [0.2, 0.25) is 0 Å². The fourth-order valence-electron chi connectivity index (χ4n) is 2.85. The quantitative estimate of drug-likeness (QED) is 0.837. The van der Waals surface area contributed by atoms with E-state index in [-0.39, 0.29) is 18.3 Å². The number of carbonyl (C=O) groups excluding carboxylic acids is 1. The minimum atomic E-state index is 0. The molecule has 0 aromatic heterocycles. The van der Waals surface area contributed by atoms with Crippen molar-refractivity contribution in [2.24, 2.45) is 0 Å². The molecule has 1 heterocycles. The minimum Gasteiger partial charge on any atom is -0.337 e. The molecule has 1 fully saturated rings. The predicted molar refractivity (Wildman–Crippen MR) is 74.2 cm³/mol. The maximum Gasteiger partial charge on any atom is 0.230 e. The van der Waals surface area contributed by atoms with Crippen molar-refractivity contribution in [1.29, 1.82) is 0 Å². The van der Waals surface area contributed by atoms with E-state index in [0.29, 0.717) is 11.9 Å². The van der Waals surface area contributed by atoms with Crippen molar-refractivity contribution in [3.8, 4) is 0 Å². The summed E-state index contributed by atoms with van der Waals surface area (Å²) >= 11 is 0. The summed E-state index contributed by atoms with van der Waals surface area (Å²) in [7, 11) is 0. The van der Waals surface area contributed by atoms with E-state index in [1.54, 1.807) is 0 Å². The molecule has 4 heteroatoms. The molecule has 1 aliphatic carbocycles. The molecule has 1 aromatic rings. The summed E-state index contributed by atoms with van der Waals surface area (Å²) in [4.78, 5) is 14.5. The molecule has 2 atom stereocenters. The van der Waals surface area contributed by atoms with Crippen LogP contribution in [0.3, 0.4) is 0 Å². The van der Waals surface area contributed by atoms with Gasteiger partial charge in [0.2, 0.25) is 5.91 Å². The van der Waals surface area contributed by atoms with Crippen LogP contribution in [0.5, 0.6) is 0 Å². The number of hydrogen-bond donors (Lipinski definition) is 1. The number of amides is 1. The Labute approximate surface area is 114 Å². The van der Waals surface area contributed by atoms with Crippen LogP contribution in [0.1, 0.15) is 24.0 Å². The van der Waals surface area contributed by atoms with E-state index >= 15 is 0 Å². The van der Waals surface area contributed by atoms with Gasteiger partial charge in [-0.15, -0.1) is 12.4 Å². The molecule has 3 rings (SSSR count). The number of nitrogens with one attached hydrogen (secondary N) is 1. The van der Waals surface area contributed by atoms with Crippen molar-refractivity contribution in [2.45, 2.75) is 25.3 Å². The summed E-state index contributed by atoms with van der Waals surface area (Å²) < 4.78 is 0. The first-order chi connectivity index (χ1) is 8.27. The monoisotopic (exact) mass is 266 g/mol. The van der Waals surface area contributed by atoms with Gasteiger partial charge < -0.3 is 10.2 Å². The molecular weight excluding hydrogens is 248 g/mol. The van der Waals surface area contributed by atoms with Crippen molar-refractivity contribution < 1.29 is 4.79 Å². The normalized spacial score (nSPS) is 25.7. The van der Waals surface area contributed by atoms with Crippen LogP contribution in [0.15, 0.2) is 24.3 Å². The first-order valence-electron chi connectivity index (χ1n) is 6.36. The van der Waals surface area contributed by atoms with E-state index in [9.17, 15) is 4.79 Å². The largest absolute Gasteiger partial charge is 0.337 e. The highest BCUT2D eigenvalue weighted by atomic mass is 35.5. The summed E-state index contributed by atoms with van der Waals surface area (Å²) in [6, 6.07) is 8.62. The second kappa shape index (κ2) is 5.29. The molecule has 1 aliphatic heterocycles. The average molecular weight is 267 g/mol. The molecule has 0 spiro atoms. The van der Waals surface area contributed by atoms with E-state index in [0.717, 1.165) is 26.1 Å². The zero-order valence-corrected chi connectivity index (χ0v) is 11.4. The molecule has 1 N–H and O–H groups in total. The smallest absolute Gasteiger partial charge is 0.230 e. The lowest BCUT2D eigenvalue weighted by atomic mass is 9.76. The number of fused-ring (bicyclic) bond motifs is 1. The SMILES string of the molecule is C[C@H]1CNCCN1C(=O)C1Cc2ccccc21.Cl. The number of benzene rings is 1. The zero-order valence-electron chi connectivity index (χ0n) is 10.6. The maximum absolute atomic E-state index is 12.5. The number of rotatable bonds is 1. The van der Waals surface area contributed by atoms with Gasteiger partial charge in [0.1, 0.15) is 0 Å². The van der Waals surface area contributed by atoms with Gasteiger partial charge in [0.25, 0.3) is 0 Å². The predicted octanol–water partition coefficient (Wildman–Crippen LogP) is 1.57. The second-order valence-electron chi connectivity index (χ2n) is 5.04. The Kier molecular flexibility index (Phi) is 3.93. The van der Waals surface area contributed by atoms with E-state index < -0.39 is 0 Å². The third-order valence-electron chi connectivity index (χ3n) is 3.94. The Balaban J connectivity index is 0.00000120. The Morgan fingerprint density at radius 2 is 2.17 bits per heavy atom. The van der Waals surface area contributed by atoms with Crippen molar-refractivity contribution in [2.75, 3.05) is 19.6 Å². The van der Waals surface area contributed by atoms with Gasteiger partial charge in [-0.1, -0.05) is 24.3 Å². The van der Waals surface area contributed by atoms with Gasteiger partial charge in [0.05, 0.1) is 5.92 Å². The standard InChI is InChI=1S/C14H18N2O.ClH/c1-10-9-15-6-7-16(10)14(17)13-8-11-4-2-3-5-12(11)13;/h2-5,10,13,15H,6-9H2,1H3;1H/t10-,13?;/m0./s1. The molecule has 1 unspecified atom stereocenters. The lowest BCUT2D eigenvalue weighted by Gasteiger charge is -2.39. The van der Waals surface area contributed by atoms with Crippen molar-refractivity contribution in [3.05, 3.63) is 35.4 Å². The first-order valence-corrected chi connectivity index (χ1v) is 6.36. The number of piperazine rings is 1. The molecule has 0 radical (unpaired) electrons. The van der Waals surface area contributed by atoms with Crippen LogP contribution in [0, 0.1) is 0 Å². The molecule has 1 saturated heterocycles. The Bertz CT molecular complexity index is 449.